The predicted molar refractivity (Wildman–Crippen MR) is 64.7 cm³/mol. The number of halogens is 1. The molecule has 0 aliphatic rings. The maximum absolute atomic E-state index is 5.97. The molecule has 0 atom stereocenters. The SMILES string of the molecule is COc1c(C)nc2ccccc2c1N.Cl. The summed E-state index contributed by atoms with van der Waals surface area (Å²) in [4.78, 5) is 4.40. The zero-order valence-corrected chi connectivity index (χ0v) is 9.47. The Morgan fingerprint density at radius 2 is 1.93 bits per heavy atom. The highest BCUT2D eigenvalue weighted by Gasteiger charge is 2.08. The minimum atomic E-state index is 0. The molecule has 1 heterocycles. The van der Waals surface area contributed by atoms with Gasteiger partial charge in [-0.3, -0.25) is 0 Å². The van der Waals surface area contributed by atoms with Gasteiger partial charge in [0.05, 0.1) is 24.0 Å². The minimum absolute atomic E-state index is 0. The number of nitrogen functional groups attached to an aromatic ring is 1. The Kier molecular flexibility index (Phi) is 3.37. The normalized spacial score (nSPS) is 9.73. The molecule has 1 aromatic heterocycles. The first kappa shape index (κ1) is 11.6. The van der Waals surface area contributed by atoms with Crippen molar-refractivity contribution in [2.75, 3.05) is 12.8 Å². The van der Waals surface area contributed by atoms with Gasteiger partial charge in [0.15, 0.2) is 5.75 Å². The van der Waals surface area contributed by atoms with Crippen molar-refractivity contribution >= 4 is 29.0 Å². The van der Waals surface area contributed by atoms with E-state index < -0.39 is 0 Å². The largest absolute Gasteiger partial charge is 0.493 e. The first-order valence-corrected chi connectivity index (χ1v) is 4.43. The van der Waals surface area contributed by atoms with Gasteiger partial charge in [0.1, 0.15) is 0 Å². The van der Waals surface area contributed by atoms with E-state index in [4.69, 9.17) is 10.5 Å². The zero-order valence-electron chi connectivity index (χ0n) is 8.65. The topological polar surface area (TPSA) is 48.1 Å². The van der Waals surface area contributed by atoms with Gasteiger partial charge in [0, 0.05) is 5.39 Å². The molecule has 3 nitrogen and oxygen atoms in total. The highest BCUT2D eigenvalue weighted by molar-refractivity contribution is 5.93. The van der Waals surface area contributed by atoms with E-state index in [1.54, 1.807) is 7.11 Å². The lowest BCUT2D eigenvalue weighted by atomic mass is 10.1. The molecule has 0 fully saturated rings. The van der Waals surface area contributed by atoms with Crippen molar-refractivity contribution in [1.82, 2.24) is 4.98 Å². The average Bonchev–Trinajstić information content (AvgIpc) is 2.18. The van der Waals surface area contributed by atoms with Crippen molar-refractivity contribution in [2.45, 2.75) is 6.92 Å². The molecule has 0 amide bonds. The van der Waals surface area contributed by atoms with Gasteiger partial charge in [-0.25, -0.2) is 4.98 Å². The van der Waals surface area contributed by atoms with Crippen LogP contribution < -0.4 is 10.5 Å². The minimum Gasteiger partial charge on any atom is -0.493 e. The molecular formula is C11H13ClN2O. The molecule has 80 valence electrons. The summed E-state index contributed by atoms with van der Waals surface area (Å²) in [6.45, 7) is 1.89. The van der Waals surface area contributed by atoms with E-state index in [0.717, 1.165) is 16.6 Å². The Labute approximate surface area is 94.7 Å². The number of fused-ring (bicyclic) bond motifs is 1. The molecule has 0 radical (unpaired) electrons. The van der Waals surface area contributed by atoms with Crippen LogP contribution >= 0.6 is 12.4 Å². The third-order valence-electron chi connectivity index (χ3n) is 2.26. The lowest BCUT2D eigenvalue weighted by molar-refractivity contribution is 0.412. The van der Waals surface area contributed by atoms with Gasteiger partial charge in [0.2, 0.25) is 0 Å². The number of anilines is 1. The Morgan fingerprint density at radius 3 is 2.60 bits per heavy atom. The number of aryl methyl sites for hydroxylation is 1. The van der Waals surface area contributed by atoms with Crippen LogP contribution in [0.25, 0.3) is 10.9 Å². The summed E-state index contributed by atoms with van der Waals surface area (Å²) in [5.41, 5.74) is 8.36. The average molecular weight is 225 g/mol. The molecule has 15 heavy (non-hydrogen) atoms. The summed E-state index contributed by atoms with van der Waals surface area (Å²) < 4.78 is 5.20. The van der Waals surface area contributed by atoms with E-state index in [1.807, 2.05) is 31.2 Å². The van der Waals surface area contributed by atoms with Crippen LogP contribution in [0.4, 0.5) is 5.69 Å². The number of methoxy groups -OCH3 is 1. The van der Waals surface area contributed by atoms with Crippen LogP contribution in [-0.2, 0) is 0 Å². The lowest BCUT2D eigenvalue weighted by Gasteiger charge is -2.09. The Hall–Kier alpha value is -1.48. The molecule has 0 aliphatic heterocycles. The van der Waals surface area contributed by atoms with Crippen molar-refractivity contribution in [3.63, 3.8) is 0 Å². The standard InChI is InChI=1S/C11H12N2O.ClH/c1-7-11(14-2)10(12)8-5-3-4-6-9(8)13-7;/h3-6H,1-2H3,(H2,12,13);1H. The van der Waals surface area contributed by atoms with Gasteiger partial charge in [-0.05, 0) is 13.0 Å². The van der Waals surface area contributed by atoms with Crippen LogP contribution in [0.5, 0.6) is 5.75 Å². The molecule has 2 aromatic rings. The number of benzene rings is 1. The van der Waals surface area contributed by atoms with Crippen LogP contribution in [0, 0.1) is 6.92 Å². The third-order valence-corrected chi connectivity index (χ3v) is 2.26. The van der Waals surface area contributed by atoms with Crippen LogP contribution in [0.15, 0.2) is 24.3 Å². The Balaban J connectivity index is 0.00000112. The van der Waals surface area contributed by atoms with Crippen LogP contribution in [0.3, 0.4) is 0 Å². The van der Waals surface area contributed by atoms with E-state index >= 15 is 0 Å². The summed E-state index contributed by atoms with van der Waals surface area (Å²) in [7, 11) is 1.61. The van der Waals surface area contributed by atoms with Crippen molar-refractivity contribution in [2.24, 2.45) is 0 Å². The van der Waals surface area contributed by atoms with E-state index in [0.29, 0.717) is 11.4 Å². The number of rotatable bonds is 1. The number of ether oxygens (including phenoxy) is 1. The molecule has 2 rings (SSSR count). The number of nitrogens with zero attached hydrogens (tertiary/aromatic N) is 1. The zero-order chi connectivity index (χ0) is 10.1. The number of hydrogen-bond donors (Lipinski definition) is 1. The molecule has 4 heteroatoms. The molecule has 2 N–H and O–H groups in total. The molecular weight excluding hydrogens is 212 g/mol. The first-order chi connectivity index (χ1) is 6.74. The second-order valence-electron chi connectivity index (χ2n) is 3.16. The third kappa shape index (κ3) is 1.83. The molecule has 0 unspecified atom stereocenters. The highest BCUT2D eigenvalue weighted by atomic mass is 35.5. The summed E-state index contributed by atoms with van der Waals surface area (Å²) >= 11 is 0. The fourth-order valence-electron chi connectivity index (χ4n) is 1.61. The second kappa shape index (κ2) is 4.36. The van der Waals surface area contributed by atoms with Gasteiger partial charge in [-0.2, -0.15) is 0 Å². The molecule has 0 bridgehead atoms. The van der Waals surface area contributed by atoms with Crippen molar-refractivity contribution in [3.8, 4) is 5.75 Å². The summed E-state index contributed by atoms with van der Waals surface area (Å²) in [6.07, 6.45) is 0. The molecule has 0 aliphatic carbocycles. The smallest absolute Gasteiger partial charge is 0.163 e. The van der Waals surface area contributed by atoms with E-state index in [2.05, 4.69) is 4.98 Å². The number of para-hydroxylation sites is 1. The van der Waals surface area contributed by atoms with E-state index in [9.17, 15) is 0 Å². The summed E-state index contributed by atoms with van der Waals surface area (Å²) in [5.74, 6) is 0.670. The lowest BCUT2D eigenvalue weighted by Crippen LogP contribution is -1.98. The second-order valence-corrected chi connectivity index (χ2v) is 3.16. The van der Waals surface area contributed by atoms with Gasteiger partial charge in [0.25, 0.3) is 0 Å². The van der Waals surface area contributed by atoms with Gasteiger partial charge in [-0.1, -0.05) is 18.2 Å². The quantitative estimate of drug-likeness (QED) is 0.810. The predicted octanol–water partition coefficient (Wildman–Crippen LogP) is 2.56. The summed E-state index contributed by atoms with van der Waals surface area (Å²) in [5, 5.41) is 0.940. The Morgan fingerprint density at radius 1 is 1.27 bits per heavy atom. The molecule has 0 spiro atoms. The number of nitrogens with two attached hydrogens (primary N) is 1. The monoisotopic (exact) mass is 224 g/mol. The first-order valence-electron chi connectivity index (χ1n) is 4.43. The van der Waals surface area contributed by atoms with Gasteiger partial charge >= 0.3 is 0 Å². The summed E-state index contributed by atoms with van der Waals surface area (Å²) in [6, 6.07) is 7.77. The fraction of sp³-hybridized carbons (Fsp3) is 0.182. The fourth-order valence-corrected chi connectivity index (χ4v) is 1.61. The van der Waals surface area contributed by atoms with Crippen LogP contribution in [-0.4, -0.2) is 12.1 Å². The van der Waals surface area contributed by atoms with Crippen molar-refractivity contribution in [3.05, 3.63) is 30.0 Å². The number of aromatic nitrogens is 1. The van der Waals surface area contributed by atoms with E-state index in [-0.39, 0.29) is 12.4 Å². The molecule has 0 saturated heterocycles. The number of hydrogen-bond acceptors (Lipinski definition) is 3. The number of pyridine rings is 1. The van der Waals surface area contributed by atoms with Crippen LogP contribution in [0.1, 0.15) is 5.69 Å². The van der Waals surface area contributed by atoms with Gasteiger partial charge in [-0.15, -0.1) is 12.4 Å². The van der Waals surface area contributed by atoms with Crippen molar-refractivity contribution < 1.29 is 4.74 Å². The maximum atomic E-state index is 5.97. The molecule has 1 aromatic carbocycles. The van der Waals surface area contributed by atoms with Gasteiger partial charge < -0.3 is 10.5 Å². The van der Waals surface area contributed by atoms with Crippen LogP contribution in [0.2, 0.25) is 0 Å². The van der Waals surface area contributed by atoms with E-state index in [1.165, 1.54) is 0 Å². The Bertz CT molecular complexity index is 485. The highest BCUT2D eigenvalue weighted by Crippen LogP contribution is 2.31. The van der Waals surface area contributed by atoms with Crippen molar-refractivity contribution in [1.29, 1.82) is 0 Å². The molecule has 0 saturated carbocycles. The maximum Gasteiger partial charge on any atom is 0.163 e.